The summed E-state index contributed by atoms with van der Waals surface area (Å²) in [5.41, 5.74) is 2.23. The number of methoxy groups -OCH3 is 1. The summed E-state index contributed by atoms with van der Waals surface area (Å²) in [6.45, 7) is 2.12. The summed E-state index contributed by atoms with van der Waals surface area (Å²) in [7, 11) is 5.27. The van der Waals surface area contributed by atoms with Crippen LogP contribution in [0.25, 0.3) is 0 Å². The first-order valence-electron chi connectivity index (χ1n) is 5.94. The van der Waals surface area contributed by atoms with Gasteiger partial charge in [0.15, 0.2) is 5.69 Å². The number of hydrogen-bond donors (Lipinski definition) is 1. The van der Waals surface area contributed by atoms with Gasteiger partial charge in [-0.25, -0.2) is 14.8 Å². The van der Waals surface area contributed by atoms with E-state index in [9.17, 15) is 4.79 Å². The van der Waals surface area contributed by atoms with Crippen LogP contribution in [0.2, 0.25) is 0 Å². The summed E-state index contributed by atoms with van der Waals surface area (Å²) in [5.74, 6) is 0.276. The minimum atomic E-state index is -0.391. The minimum absolute atomic E-state index is 0.391. The summed E-state index contributed by atoms with van der Waals surface area (Å²) in [6, 6.07) is 0. The van der Waals surface area contributed by atoms with E-state index in [0.717, 1.165) is 24.2 Å². The quantitative estimate of drug-likeness (QED) is 0.760. The van der Waals surface area contributed by atoms with Gasteiger partial charge in [0.25, 0.3) is 0 Å². The lowest BCUT2D eigenvalue weighted by Crippen LogP contribution is -2.29. The van der Waals surface area contributed by atoms with Gasteiger partial charge in [-0.2, -0.15) is 0 Å². The second kappa shape index (κ2) is 5.41. The molecule has 0 spiro atoms. The van der Waals surface area contributed by atoms with Crippen LogP contribution in [0.4, 0.5) is 0 Å². The van der Waals surface area contributed by atoms with Crippen molar-refractivity contribution in [3.8, 4) is 0 Å². The average Bonchev–Trinajstić information content (AvgIpc) is 2.36. The number of nitrogens with one attached hydrogen (secondary N) is 1. The molecule has 18 heavy (non-hydrogen) atoms. The van der Waals surface area contributed by atoms with Crippen LogP contribution >= 0.6 is 0 Å². The van der Waals surface area contributed by atoms with Crippen molar-refractivity contribution in [2.75, 3.05) is 27.7 Å². The largest absolute Gasteiger partial charge is 0.464 e. The molecule has 0 saturated heterocycles. The van der Waals surface area contributed by atoms with Crippen LogP contribution in [0.3, 0.4) is 0 Å². The Bertz CT molecular complexity index is 460. The molecule has 0 unspecified atom stereocenters. The Morgan fingerprint density at radius 2 is 2.22 bits per heavy atom. The van der Waals surface area contributed by atoms with Crippen LogP contribution in [-0.2, 0) is 24.2 Å². The maximum absolute atomic E-state index is 11.8. The van der Waals surface area contributed by atoms with Crippen molar-refractivity contribution in [1.82, 2.24) is 20.2 Å². The number of nitrogens with zero attached hydrogens (tertiary/aromatic N) is 3. The second-order valence-corrected chi connectivity index (χ2v) is 4.57. The highest BCUT2D eigenvalue weighted by Gasteiger charge is 2.22. The molecule has 1 aliphatic rings. The zero-order valence-electron chi connectivity index (χ0n) is 11.0. The van der Waals surface area contributed by atoms with Gasteiger partial charge in [0, 0.05) is 25.1 Å². The van der Waals surface area contributed by atoms with Crippen molar-refractivity contribution < 1.29 is 9.53 Å². The molecule has 1 aliphatic heterocycles. The summed E-state index contributed by atoms with van der Waals surface area (Å²) < 4.78 is 4.79. The molecule has 1 aromatic heterocycles. The number of carbonyl (C=O) groups is 1. The zero-order chi connectivity index (χ0) is 13.1. The smallest absolute Gasteiger partial charge is 0.357 e. The summed E-state index contributed by atoms with van der Waals surface area (Å²) in [6.07, 6.45) is 0.822. The van der Waals surface area contributed by atoms with Crippen molar-refractivity contribution in [1.29, 1.82) is 0 Å². The van der Waals surface area contributed by atoms with Crippen molar-refractivity contribution in [3.63, 3.8) is 0 Å². The molecule has 0 bridgehead atoms. The van der Waals surface area contributed by atoms with Crippen LogP contribution in [0, 0.1) is 0 Å². The Labute approximate surface area is 106 Å². The van der Waals surface area contributed by atoms with E-state index in [1.807, 2.05) is 19.0 Å². The standard InChI is InChI=1S/C12H18N4O2/c1-16(2)7-10-14-9-4-5-13-6-8(9)11(15-10)12(17)18-3/h13H,4-7H2,1-3H3. The molecule has 6 nitrogen and oxygen atoms in total. The van der Waals surface area contributed by atoms with Gasteiger partial charge in [0.05, 0.1) is 19.3 Å². The molecule has 0 atom stereocenters. The highest BCUT2D eigenvalue weighted by atomic mass is 16.5. The lowest BCUT2D eigenvalue weighted by Gasteiger charge is -2.19. The van der Waals surface area contributed by atoms with Crippen LogP contribution in [0.15, 0.2) is 0 Å². The fraction of sp³-hybridized carbons (Fsp3) is 0.583. The van der Waals surface area contributed by atoms with E-state index < -0.39 is 5.97 Å². The van der Waals surface area contributed by atoms with Gasteiger partial charge in [0.2, 0.25) is 0 Å². The van der Waals surface area contributed by atoms with Crippen molar-refractivity contribution in [2.24, 2.45) is 0 Å². The zero-order valence-corrected chi connectivity index (χ0v) is 11.0. The minimum Gasteiger partial charge on any atom is -0.464 e. The van der Waals surface area contributed by atoms with Gasteiger partial charge >= 0.3 is 5.97 Å². The SMILES string of the molecule is COC(=O)c1nc(CN(C)C)nc2c1CNCC2. The lowest BCUT2D eigenvalue weighted by molar-refractivity contribution is 0.0591. The van der Waals surface area contributed by atoms with Gasteiger partial charge in [-0.05, 0) is 14.1 Å². The lowest BCUT2D eigenvalue weighted by atomic mass is 10.1. The topological polar surface area (TPSA) is 67.3 Å². The van der Waals surface area contributed by atoms with Gasteiger partial charge < -0.3 is 15.0 Å². The second-order valence-electron chi connectivity index (χ2n) is 4.57. The molecular weight excluding hydrogens is 232 g/mol. The number of fused-ring (bicyclic) bond motifs is 1. The molecule has 98 valence electrons. The first-order valence-corrected chi connectivity index (χ1v) is 5.94. The number of esters is 1. The first kappa shape index (κ1) is 12.9. The molecule has 2 rings (SSSR count). The monoisotopic (exact) mass is 250 g/mol. The van der Waals surface area contributed by atoms with E-state index in [1.165, 1.54) is 7.11 Å². The summed E-state index contributed by atoms with van der Waals surface area (Å²) in [5, 5.41) is 3.22. The fourth-order valence-corrected chi connectivity index (χ4v) is 2.01. The molecule has 0 saturated carbocycles. The summed E-state index contributed by atoms with van der Waals surface area (Å²) >= 11 is 0. The van der Waals surface area contributed by atoms with Gasteiger partial charge in [-0.1, -0.05) is 0 Å². The first-order chi connectivity index (χ1) is 8.61. The molecule has 0 aromatic carbocycles. The fourth-order valence-electron chi connectivity index (χ4n) is 2.01. The van der Waals surface area contributed by atoms with E-state index in [-0.39, 0.29) is 0 Å². The summed E-state index contributed by atoms with van der Waals surface area (Å²) in [4.78, 5) is 22.6. The molecule has 0 aliphatic carbocycles. The highest BCUT2D eigenvalue weighted by molar-refractivity contribution is 5.89. The van der Waals surface area contributed by atoms with Gasteiger partial charge in [-0.3, -0.25) is 0 Å². The third-order valence-corrected chi connectivity index (χ3v) is 2.82. The maximum Gasteiger partial charge on any atom is 0.357 e. The number of carbonyl (C=O) groups excluding carboxylic acids is 1. The maximum atomic E-state index is 11.8. The van der Waals surface area contributed by atoms with E-state index in [1.54, 1.807) is 0 Å². The van der Waals surface area contributed by atoms with E-state index in [2.05, 4.69) is 15.3 Å². The number of aromatic nitrogens is 2. The van der Waals surface area contributed by atoms with Crippen molar-refractivity contribution in [3.05, 3.63) is 22.8 Å². The average molecular weight is 250 g/mol. The molecule has 0 radical (unpaired) electrons. The van der Waals surface area contributed by atoms with Crippen molar-refractivity contribution in [2.45, 2.75) is 19.5 Å². The number of ether oxygens (including phenoxy) is 1. The van der Waals surface area contributed by atoms with Gasteiger partial charge in [-0.15, -0.1) is 0 Å². The Kier molecular flexibility index (Phi) is 3.88. The van der Waals surface area contributed by atoms with Crippen LogP contribution < -0.4 is 5.32 Å². The molecular formula is C12H18N4O2. The molecule has 0 fully saturated rings. The predicted octanol–water partition coefficient (Wildman–Crippen LogP) is -0.0295. The molecule has 6 heteroatoms. The molecule has 2 heterocycles. The van der Waals surface area contributed by atoms with E-state index in [0.29, 0.717) is 24.6 Å². The Morgan fingerprint density at radius 1 is 1.44 bits per heavy atom. The Morgan fingerprint density at radius 3 is 2.89 bits per heavy atom. The Balaban J connectivity index is 2.44. The van der Waals surface area contributed by atoms with Crippen molar-refractivity contribution >= 4 is 5.97 Å². The van der Waals surface area contributed by atoms with E-state index in [4.69, 9.17) is 4.74 Å². The number of rotatable bonds is 3. The molecule has 0 amide bonds. The molecule has 1 aromatic rings. The number of hydrogen-bond acceptors (Lipinski definition) is 6. The normalized spacial score (nSPS) is 14.4. The highest BCUT2D eigenvalue weighted by Crippen LogP contribution is 2.17. The van der Waals surface area contributed by atoms with E-state index >= 15 is 0 Å². The predicted molar refractivity (Wildman–Crippen MR) is 66.2 cm³/mol. The van der Waals surface area contributed by atoms with Crippen LogP contribution in [0.5, 0.6) is 0 Å². The Hall–Kier alpha value is -1.53. The molecule has 1 N–H and O–H groups in total. The third kappa shape index (κ3) is 2.65. The van der Waals surface area contributed by atoms with Crippen LogP contribution in [0.1, 0.15) is 27.6 Å². The van der Waals surface area contributed by atoms with Crippen LogP contribution in [-0.4, -0.2) is 48.6 Å². The third-order valence-electron chi connectivity index (χ3n) is 2.82. The van der Waals surface area contributed by atoms with Gasteiger partial charge in [0.1, 0.15) is 5.82 Å².